The van der Waals surface area contributed by atoms with E-state index >= 15 is 0 Å². The van der Waals surface area contributed by atoms with Gasteiger partial charge in [-0.1, -0.05) is 53.2 Å². The molecule has 376 valence electrons. The average molecular weight is 943 g/mol. The Balaban J connectivity index is 1.03. The summed E-state index contributed by atoms with van der Waals surface area (Å²) in [6.45, 7) is 12.5. The number of ether oxygens (including phenoxy) is 6. The molecule has 8 aliphatic rings. The number of aliphatic hydroxyl groups is 9. The van der Waals surface area contributed by atoms with Crippen molar-refractivity contribution in [3.8, 4) is 0 Å². The van der Waals surface area contributed by atoms with Crippen molar-refractivity contribution >= 4 is 11.9 Å². The lowest BCUT2D eigenvalue weighted by atomic mass is 9.33. The van der Waals surface area contributed by atoms with Crippen LogP contribution in [0.4, 0.5) is 0 Å². The Hall–Kier alpha value is -1.92. The fraction of sp³-hybridized carbons (Fsp3) is 0.915. The van der Waals surface area contributed by atoms with E-state index in [1.165, 1.54) is 5.57 Å². The number of carbonyl (C=O) groups is 2. The number of fused-ring (bicyclic) bond motifs is 7. The van der Waals surface area contributed by atoms with Crippen molar-refractivity contribution in [3.05, 3.63) is 11.6 Å². The summed E-state index contributed by atoms with van der Waals surface area (Å²) in [6.07, 6.45) is -14.0. The van der Waals surface area contributed by atoms with Crippen LogP contribution in [0.2, 0.25) is 0 Å². The minimum absolute atomic E-state index is 0.0912. The van der Waals surface area contributed by atoms with Crippen molar-refractivity contribution < 1.29 is 94.2 Å². The molecule has 3 aliphatic heterocycles. The number of aliphatic carboxylic acids is 2. The number of carboxylic acid groups (broad SMARTS) is 2. The van der Waals surface area contributed by atoms with Gasteiger partial charge in [-0.15, -0.1) is 0 Å². The molecule has 4 saturated carbocycles. The predicted molar refractivity (Wildman–Crippen MR) is 227 cm³/mol. The van der Waals surface area contributed by atoms with Crippen LogP contribution in [0.25, 0.3) is 0 Å². The van der Waals surface area contributed by atoms with E-state index in [-0.39, 0.29) is 40.6 Å². The third kappa shape index (κ3) is 7.82. The Bertz CT molecular complexity index is 1850. The van der Waals surface area contributed by atoms with Gasteiger partial charge in [0.1, 0.15) is 61.0 Å². The summed E-state index contributed by atoms with van der Waals surface area (Å²) >= 11 is 0. The van der Waals surface area contributed by atoms with Crippen molar-refractivity contribution in [1.82, 2.24) is 0 Å². The molecule has 0 aromatic heterocycles. The zero-order valence-corrected chi connectivity index (χ0v) is 38.8. The van der Waals surface area contributed by atoms with E-state index in [2.05, 4.69) is 47.6 Å². The smallest absolute Gasteiger partial charge is 0.335 e. The molecule has 19 nitrogen and oxygen atoms in total. The molecule has 5 aliphatic carbocycles. The molecule has 3 heterocycles. The molecule has 8 rings (SSSR count). The summed E-state index contributed by atoms with van der Waals surface area (Å²) in [5, 5.41) is 115. The first-order valence-corrected chi connectivity index (χ1v) is 23.9. The highest BCUT2D eigenvalue weighted by molar-refractivity contribution is 5.76. The Morgan fingerprint density at radius 3 is 2.06 bits per heavy atom. The second-order valence-corrected chi connectivity index (χ2v) is 22.9. The summed E-state index contributed by atoms with van der Waals surface area (Å²) in [6, 6.07) is 0. The van der Waals surface area contributed by atoms with Gasteiger partial charge in [0.05, 0.1) is 31.3 Å². The van der Waals surface area contributed by atoms with E-state index in [0.29, 0.717) is 38.5 Å². The van der Waals surface area contributed by atoms with Crippen LogP contribution in [0.5, 0.6) is 0 Å². The SMILES string of the molecule is CC1(C)[C@@H](O[C@@H]2O[C@H](C(=O)O)[C@@H](O)[C@H](O)[C@H]2O[C@@H]2OC[C@H](O)[C@H](O)[C@H]2O)CC[C@]2(C)[C@H]3CC=C4[C@@H]5C[C@@](C)(CO[C@@H]6O[C@H](CO)[C@@H](O)[C@H](O)[C@H]6O)CC[C@]5(C(=O)O)CC[C@@]4(C)[C@]3(C)CC[C@@H]12. The molecular formula is C47H74O19. The second-order valence-electron chi connectivity index (χ2n) is 22.9. The number of aliphatic hydroxyl groups excluding tert-OH is 9. The van der Waals surface area contributed by atoms with Gasteiger partial charge in [0.25, 0.3) is 0 Å². The molecule has 0 spiro atoms. The van der Waals surface area contributed by atoms with Crippen molar-refractivity contribution in [1.29, 1.82) is 0 Å². The molecule has 0 aromatic carbocycles. The Morgan fingerprint density at radius 2 is 1.39 bits per heavy atom. The molecule has 11 N–H and O–H groups in total. The van der Waals surface area contributed by atoms with E-state index in [4.69, 9.17) is 28.4 Å². The van der Waals surface area contributed by atoms with E-state index < -0.39 is 134 Å². The van der Waals surface area contributed by atoms with Gasteiger partial charge in [0.15, 0.2) is 25.0 Å². The average Bonchev–Trinajstić information content (AvgIpc) is 3.26. The summed E-state index contributed by atoms with van der Waals surface area (Å²) < 4.78 is 35.6. The maximum atomic E-state index is 13.5. The van der Waals surface area contributed by atoms with Gasteiger partial charge in [-0.3, -0.25) is 4.79 Å². The first-order valence-electron chi connectivity index (χ1n) is 23.9. The minimum atomic E-state index is -1.93. The number of allylic oxidation sites excluding steroid dienone is 2. The van der Waals surface area contributed by atoms with Crippen LogP contribution in [-0.4, -0.2) is 180 Å². The number of carboxylic acids is 2. The van der Waals surface area contributed by atoms with Crippen LogP contribution in [0.3, 0.4) is 0 Å². The molecule has 0 bridgehead atoms. The van der Waals surface area contributed by atoms with E-state index in [1.54, 1.807) is 0 Å². The van der Waals surface area contributed by atoms with Crippen molar-refractivity contribution in [2.45, 2.75) is 198 Å². The molecule has 7 fully saturated rings. The van der Waals surface area contributed by atoms with Crippen LogP contribution in [0, 0.1) is 50.2 Å². The summed E-state index contributed by atoms with van der Waals surface area (Å²) in [5.41, 5.74) is -1.66. The number of hydrogen-bond acceptors (Lipinski definition) is 17. The fourth-order valence-corrected chi connectivity index (χ4v) is 14.9. The fourth-order valence-electron chi connectivity index (χ4n) is 14.9. The van der Waals surface area contributed by atoms with E-state index in [1.807, 2.05) is 0 Å². The topological polar surface area (TPSA) is 312 Å². The zero-order chi connectivity index (χ0) is 48.3. The summed E-state index contributed by atoms with van der Waals surface area (Å²) in [7, 11) is 0. The van der Waals surface area contributed by atoms with Crippen LogP contribution < -0.4 is 0 Å². The number of rotatable bonds is 10. The van der Waals surface area contributed by atoms with Gasteiger partial charge in [-0.2, -0.15) is 0 Å². The van der Waals surface area contributed by atoms with E-state index in [0.717, 1.165) is 25.7 Å². The molecule has 19 heteroatoms. The lowest BCUT2D eigenvalue weighted by molar-refractivity contribution is -0.366. The molecule has 0 aromatic rings. The summed E-state index contributed by atoms with van der Waals surface area (Å²) in [4.78, 5) is 25.7. The highest BCUT2D eigenvalue weighted by Gasteiger charge is 2.70. The number of hydrogen-bond donors (Lipinski definition) is 11. The molecule has 0 radical (unpaired) electrons. The van der Waals surface area contributed by atoms with Crippen LogP contribution in [-0.2, 0) is 38.0 Å². The molecule has 3 saturated heterocycles. The lowest BCUT2D eigenvalue weighted by Gasteiger charge is -2.71. The molecule has 23 atom stereocenters. The lowest BCUT2D eigenvalue weighted by Crippen LogP contribution is -2.67. The first kappa shape index (κ1) is 50.5. The highest BCUT2D eigenvalue weighted by Crippen LogP contribution is 2.76. The van der Waals surface area contributed by atoms with Gasteiger partial charge in [0.2, 0.25) is 0 Å². The predicted octanol–water partition coefficient (Wildman–Crippen LogP) is 0.410. The maximum absolute atomic E-state index is 13.5. The minimum Gasteiger partial charge on any atom is -0.481 e. The van der Waals surface area contributed by atoms with Crippen molar-refractivity contribution in [2.24, 2.45) is 50.2 Å². The molecular weight excluding hydrogens is 868 g/mol. The standard InChI is InChI=1S/C47H74O19/c1-42(2)25-9-12-46(6)26(44(25,4)11-10-27(42)64-40-36(32(54)31(53)35(65-40)37(57)58)66-38-33(55)28(50)23(49)19-61-38)8-7-21-22-17-43(3,13-15-47(22,41(59)60)16-14-45(21,46)5)20-62-39-34(56)30(52)29(51)24(18-48)63-39/h7,22-36,38-40,48-56H,8-20H2,1-6H3,(H,57,58)(H,59,60)/t22-,23-,24+,25-,26+,27-,28-,29+,30-,31-,32-,33+,34+,35-,36+,38-,39+,40+,43-,44-,45+,46+,47-/m0/s1. The highest BCUT2D eigenvalue weighted by atomic mass is 16.8. The third-order valence-electron chi connectivity index (χ3n) is 19.1. The molecule has 0 unspecified atom stereocenters. The van der Waals surface area contributed by atoms with Gasteiger partial charge in [0, 0.05) is 0 Å². The monoisotopic (exact) mass is 942 g/mol. The Labute approximate surface area is 385 Å². The molecule has 66 heavy (non-hydrogen) atoms. The van der Waals surface area contributed by atoms with Gasteiger partial charge >= 0.3 is 11.9 Å². The van der Waals surface area contributed by atoms with Crippen molar-refractivity contribution in [2.75, 3.05) is 19.8 Å². The molecule has 0 amide bonds. The third-order valence-corrected chi connectivity index (χ3v) is 19.1. The van der Waals surface area contributed by atoms with E-state index in [9.17, 15) is 65.8 Å². The Kier molecular flexibility index (Phi) is 13.6. The van der Waals surface area contributed by atoms with Crippen LogP contribution in [0.15, 0.2) is 11.6 Å². The van der Waals surface area contributed by atoms with Gasteiger partial charge < -0.3 is 84.6 Å². The maximum Gasteiger partial charge on any atom is 0.335 e. The van der Waals surface area contributed by atoms with Crippen LogP contribution >= 0.6 is 0 Å². The van der Waals surface area contributed by atoms with Crippen LogP contribution in [0.1, 0.15) is 106 Å². The second kappa shape index (κ2) is 17.7. The first-order chi connectivity index (χ1) is 30.8. The van der Waals surface area contributed by atoms with Gasteiger partial charge in [-0.25, -0.2) is 4.79 Å². The van der Waals surface area contributed by atoms with Gasteiger partial charge in [-0.05, 0) is 109 Å². The quantitative estimate of drug-likeness (QED) is 0.104. The normalized spacial score (nSPS) is 53.6. The van der Waals surface area contributed by atoms with Crippen molar-refractivity contribution in [3.63, 3.8) is 0 Å². The summed E-state index contributed by atoms with van der Waals surface area (Å²) in [5.74, 6) is -2.34. The zero-order valence-electron chi connectivity index (χ0n) is 38.8. The Morgan fingerprint density at radius 1 is 0.712 bits per heavy atom. The largest absolute Gasteiger partial charge is 0.481 e.